The summed E-state index contributed by atoms with van der Waals surface area (Å²) in [6.07, 6.45) is 4.75. The van der Waals surface area contributed by atoms with Crippen LogP contribution in [0.15, 0.2) is 23.2 Å². The van der Waals surface area contributed by atoms with Gasteiger partial charge in [-0.15, -0.1) is 24.0 Å². The van der Waals surface area contributed by atoms with Crippen molar-refractivity contribution >= 4 is 29.9 Å². The zero-order valence-corrected chi connectivity index (χ0v) is 16.0. The van der Waals surface area contributed by atoms with Crippen molar-refractivity contribution in [1.82, 2.24) is 10.6 Å². The Hall–Kier alpha value is -0.820. The number of fused-ring (bicyclic) bond motifs is 1. The van der Waals surface area contributed by atoms with Crippen LogP contribution >= 0.6 is 24.0 Å². The summed E-state index contributed by atoms with van der Waals surface area (Å²) >= 11 is 0. The van der Waals surface area contributed by atoms with E-state index in [-0.39, 0.29) is 24.0 Å². The van der Waals surface area contributed by atoms with Gasteiger partial charge in [0.25, 0.3) is 0 Å². The number of benzene rings is 1. The summed E-state index contributed by atoms with van der Waals surface area (Å²) < 4.78 is 5.06. The lowest BCUT2D eigenvalue weighted by atomic mass is 10.1. The van der Waals surface area contributed by atoms with Gasteiger partial charge in [0.15, 0.2) is 5.96 Å². The molecular formula is C17H28IN3O. The fraction of sp³-hybridized carbons (Fsp3) is 0.588. The summed E-state index contributed by atoms with van der Waals surface area (Å²) in [7, 11) is 1.73. The molecule has 0 spiro atoms. The average Bonchev–Trinajstić information content (AvgIpc) is 2.96. The van der Waals surface area contributed by atoms with E-state index in [1.165, 1.54) is 36.0 Å². The van der Waals surface area contributed by atoms with Gasteiger partial charge >= 0.3 is 0 Å². The van der Waals surface area contributed by atoms with Crippen LogP contribution in [0, 0.1) is 0 Å². The first-order valence-corrected chi connectivity index (χ1v) is 7.95. The van der Waals surface area contributed by atoms with Gasteiger partial charge in [0.05, 0.1) is 6.54 Å². The molecule has 1 aliphatic carbocycles. The lowest BCUT2D eigenvalue weighted by Gasteiger charge is -2.11. The molecule has 0 heterocycles. The highest BCUT2D eigenvalue weighted by atomic mass is 127. The third-order valence-electron chi connectivity index (χ3n) is 3.74. The molecule has 2 N–H and O–H groups in total. The first-order valence-electron chi connectivity index (χ1n) is 7.95. The molecule has 0 aromatic heterocycles. The fourth-order valence-electron chi connectivity index (χ4n) is 2.66. The monoisotopic (exact) mass is 417 g/mol. The Morgan fingerprint density at radius 1 is 1.23 bits per heavy atom. The van der Waals surface area contributed by atoms with Gasteiger partial charge < -0.3 is 15.4 Å². The lowest BCUT2D eigenvalue weighted by Crippen LogP contribution is -2.38. The van der Waals surface area contributed by atoms with E-state index in [1.54, 1.807) is 7.11 Å². The number of rotatable bonds is 7. The Bertz CT molecular complexity index is 477. The highest BCUT2D eigenvalue weighted by Gasteiger charge is 2.10. The minimum Gasteiger partial charge on any atom is -0.385 e. The second kappa shape index (κ2) is 10.8. The smallest absolute Gasteiger partial charge is 0.191 e. The van der Waals surface area contributed by atoms with Gasteiger partial charge in [0.2, 0.25) is 0 Å². The van der Waals surface area contributed by atoms with Crippen LogP contribution in [0.4, 0.5) is 0 Å². The minimum atomic E-state index is 0. The predicted octanol–water partition coefficient (Wildman–Crippen LogP) is 2.88. The molecular weight excluding hydrogens is 389 g/mol. The van der Waals surface area contributed by atoms with Gasteiger partial charge in [-0.3, -0.25) is 0 Å². The maximum atomic E-state index is 5.06. The fourth-order valence-corrected chi connectivity index (χ4v) is 2.66. The van der Waals surface area contributed by atoms with Gasteiger partial charge in [-0.2, -0.15) is 0 Å². The zero-order valence-electron chi connectivity index (χ0n) is 13.7. The van der Waals surface area contributed by atoms with Crippen molar-refractivity contribution in [2.24, 2.45) is 4.99 Å². The maximum Gasteiger partial charge on any atom is 0.191 e. The van der Waals surface area contributed by atoms with E-state index in [0.717, 1.165) is 38.6 Å². The Kier molecular flexibility index (Phi) is 9.47. The molecule has 0 radical (unpaired) electrons. The van der Waals surface area contributed by atoms with Crippen LogP contribution in [-0.2, 0) is 24.1 Å². The van der Waals surface area contributed by atoms with Crippen LogP contribution in [0.2, 0.25) is 0 Å². The van der Waals surface area contributed by atoms with Crippen molar-refractivity contribution in [1.29, 1.82) is 0 Å². The van der Waals surface area contributed by atoms with Crippen LogP contribution in [0.5, 0.6) is 0 Å². The molecule has 0 saturated carbocycles. The highest BCUT2D eigenvalue weighted by molar-refractivity contribution is 14.0. The second-order valence-electron chi connectivity index (χ2n) is 5.42. The summed E-state index contributed by atoms with van der Waals surface area (Å²) in [5.74, 6) is 0.883. The largest absolute Gasteiger partial charge is 0.385 e. The van der Waals surface area contributed by atoms with Crippen molar-refractivity contribution < 1.29 is 4.74 Å². The van der Waals surface area contributed by atoms with E-state index in [9.17, 15) is 0 Å². The van der Waals surface area contributed by atoms with Crippen LogP contribution in [0.25, 0.3) is 0 Å². The van der Waals surface area contributed by atoms with Crippen LogP contribution in [-0.4, -0.2) is 32.8 Å². The number of methoxy groups -OCH3 is 1. The number of aryl methyl sites for hydroxylation is 2. The molecule has 1 aliphatic rings. The number of aliphatic imine (C=N–C) groups is 1. The van der Waals surface area contributed by atoms with Gasteiger partial charge in [0.1, 0.15) is 0 Å². The van der Waals surface area contributed by atoms with E-state index in [0.29, 0.717) is 0 Å². The topological polar surface area (TPSA) is 45.7 Å². The van der Waals surface area contributed by atoms with E-state index in [4.69, 9.17) is 4.74 Å². The van der Waals surface area contributed by atoms with Gasteiger partial charge in [-0.1, -0.05) is 18.2 Å². The molecule has 124 valence electrons. The number of hydrogen-bond donors (Lipinski definition) is 2. The van der Waals surface area contributed by atoms with Crippen molar-refractivity contribution in [2.75, 3.05) is 26.8 Å². The number of ether oxygens (including phenoxy) is 1. The third kappa shape index (κ3) is 6.12. The summed E-state index contributed by atoms with van der Waals surface area (Å²) in [4.78, 5) is 4.66. The molecule has 0 aliphatic heterocycles. The van der Waals surface area contributed by atoms with E-state index in [1.807, 2.05) is 0 Å². The van der Waals surface area contributed by atoms with E-state index >= 15 is 0 Å². The molecule has 5 heteroatoms. The summed E-state index contributed by atoms with van der Waals surface area (Å²) in [6, 6.07) is 6.80. The summed E-state index contributed by atoms with van der Waals surface area (Å²) in [5, 5.41) is 6.62. The molecule has 0 unspecified atom stereocenters. The Balaban J connectivity index is 0.00000242. The second-order valence-corrected chi connectivity index (χ2v) is 5.42. The van der Waals surface area contributed by atoms with Gasteiger partial charge in [-0.05, 0) is 49.3 Å². The molecule has 4 nitrogen and oxygen atoms in total. The van der Waals surface area contributed by atoms with Gasteiger partial charge in [0, 0.05) is 26.8 Å². The predicted molar refractivity (Wildman–Crippen MR) is 103 cm³/mol. The molecule has 0 saturated heterocycles. The Labute approximate surface area is 151 Å². The number of guanidine groups is 1. The minimum absolute atomic E-state index is 0. The number of nitrogens with one attached hydrogen (secondary N) is 2. The Morgan fingerprint density at radius 3 is 2.82 bits per heavy atom. The normalized spacial score (nSPS) is 13.5. The van der Waals surface area contributed by atoms with Crippen molar-refractivity contribution in [2.45, 2.75) is 39.2 Å². The summed E-state index contributed by atoms with van der Waals surface area (Å²) in [6.45, 7) is 5.34. The summed E-state index contributed by atoms with van der Waals surface area (Å²) in [5.41, 5.74) is 4.33. The highest BCUT2D eigenvalue weighted by Crippen LogP contribution is 2.22. The maximum absolute atomic E-state index is 5.06. The number of halogens is 1. The standard InChI is InChI=1S/C17H27N3O.HI/c1-3-18-17(19-10-5-11-21-2)20-13-14-8-9-15-6-4-7-16(15)12-14;/h8-9,12H,3-7,10-11,13H2,1-2H3,(H2,18,19,20);1H. The lowest BCUT2D eigenvalue weighted by molar-refractivity contribution is 0.195. The van der Waals surface area contributed by atoms with Crippen molar-refractivity contribution in [3.63, 3.8) is 0 Å². The Morgan fingerprint density at radius 2 is 2.05 bits per heavy atom. The molecule has 0 bridgehead atoms. The zero-order chi connectivity index (χ0) is 14.9. The quantitative estimate of drug-likeness (QED) is 0.311. The van der Waals surface area contributed by atoms with Crippen LogP contribution in [0.1, 0.15) is 36.5 Å². The van der Waals surface area contributed by atoms with E-state index < -0.39 is 0 Å². The molecule has 2 rings (SSSR count). The first kappa shape index (κ1) is 19.2. The SMILES string of the molecule is CCNC(=NCc1ccc2c(c1)CCC2)NCCCOC.I. The third-order valence-corrected chi connectivity index (χ3v) is 3.74. The average molecular weight is 417 g/mol. The molecule has 1 aromatic rings. The van der Waals surface area contributed by atoms with Gasteiger partial charge in [-0.25, -0.2) is 4.99 Å². The van der Waals surface area contributed by atoms with Crippen LogP contribution in [0.3, 0.4) is 0 Å². The molecule has 0 fully saturated rings. The molecule has 22 heavy (non-hydrogen) atoms. The van der Waals surface area contributed by atoms with Crippen LogP contribution < -0.4 is 10.6 Å². The number of hydrogen-bond acceptors (Lipinski definition) is 2. The van der Waals surface area contributed by atoms with Crippen molar-refractivity contribution in [3.8, 4) is 0 Å². The molecule has 0 amide bonds. The first-order chi connectivity index (χ1) is 10.3. The molecule has 0 atom stereocenters. The molecule has 1 aromatic carbocycles. The number of nitrogens with zero attached hydrogens (tertiary/aromatic N) is 1. The van der Waals surface area contributed by atoms with Crippen molar-refractivity contribution in [3.05, 3.63) is 34.9 Å². The van der Waals surface area contributed by atoms with E-state index in [2.05, 4.69) is 40.7 Å².